The maximum Gasteiger partial charge on any atom is 0.258 e. The summed E-state index contributed by atoms with van der Waals surface area (Å²) in [6, 6.07) is 21.6. The molecule has 7 heteroatoms. The molecule has 2 heterocycles. The second-order valence-electron chi connectivity index (χ2n) is 8.09. The van der Waals surface area contributed by atoms with Crippen molar-refractivity contribution in [2.24, 2.45) is 0 Å². The summed E-state index contributed by atoms with van der Waals surface area (Å²) in [6.45, 7) is 4.10. The molecule has 0 aliphatic carbocycles. The van der Waals surface area contributed by atoms with Gasteiger partial charge in [0.25, 0.3) is 11.9 Å². The first-order valence-corrected chi connectivity index (χ1v) is 10.6. The van der Waals surface area contributed by atoms with Crippen LogP contribution in [-0.4, -0.2) is 20.7 Å². The number of hydrogen-bond acceptors (Lipinski definition) is 4. The van der Waals surface area contributed by atoms with Gasteiger partial charge in [0.2, 0.25) is 5.95 Å². The van der Waals surface area contributed by atoms with Crippen molar-refractivity contribution < 1.29 is 9.18 Å². The lowest BCUT2D eigenvalue weighted by Gasteiger charge is -2.24. The smallest absolute Gasteiger partial charge is 0.258 e. The molecule has 0 radical (unpaired) electrons. The van der Waals surface area contributed by atoms with E-state index in [0.717, 1.165) is 16.8 Å². The molecule has 0 unspecified atom stereocenters. The Morgan fingerprint density at radius 2 is 1.58 bits per heavy atom. The predicted octanol–water partition coefficient (Wildman–Crippen LogP) is 5.34. The van der Waals surface area contributed by atoms with Gasteiger partial charge in [-0.25, -0.2) is 9.07 Å². The van der Waals surface area contributed by atoms with Gasteiger partial charge >= 0.3 is 0 Å². The summed E-state index contributed by atoms with van der Waals surface area (Å²) in [5, 5.41) is 10.6. The Morgan fingerprint density at radius 1 is 0.939 bits per heavy atom. The van der Waals surface area contributed by atoms with Gasteiger partial charge in [-0.2, -0.15) is 4.98 Å². The summed E-state index contributed by atoms with van der Waals surface area (Å²) in [5.41, 5.74) is 5.67. The Bertz CT molecular complexity index is 1340. The van der Waals surface area contributed by atoms with E-state index in [0.29, 0.717) is 11.5 Å². The van der Waals surface area contributed by atoms with Crippen LogP contribution >= 0.6 is 0 Å². The number of carbonyl (C=O) groups is 1. The SMILES string of the molecule is Cc1ccc(C2=C[C@H](c3ccc(C)cc3)n3nc(NC(=O)c4ccc(F)cc4)nc3N2)cc1. The van der Waals surface area contributed by atoms with E-state index in [1.165, 1.54) is 35.4 Å². The van der Waals surface area contributed by atoms with Crippen LogP contribution in [0.15, 0.2) is 78.9 Å². The molecule has 5 rings (SSSR count). The number of nitrogens with one attached hydrogen (secondary N) is 2. The topological polar surface area (TPSA) is 71.8 Å². The molecule has 4 aromatic rings. The quantitative estimate of drug-likeness (QED) is 0.450. The van der Waals surface area contributed by atoms with Crippen molar-refractivity contribution in [3.05, 3.63) is 113 Å². The Balaban J connectivity index is 1.50. The summed E-state index contributed by atoms with van der Waals surface area (Å²) in [7, 11) is 0. The molecule has 0 saturated carbocycles. The van der Waals surface area contributed by atoms with Crippen LogP contribution < -0.4 is 10.6 Å². The summed E-state index contributed by atoms with van der Waals surface area (Å²) in [6.07, 6.45) is 2.10. The molecule has 1 aliphatic rings. The lowest BCUT2D eigenvalue weighted by Crippen LogP contribution is -2.20. The number of aryl methyl sites for hydroxylation is 2. The minimum atomic E-state index is -0.406. The molecular formula is C26H22FN5O. The molecule has 0 spiro atoms. The summed E-state index contributed by atoms with van der Waals surface area (Å²) >= 11 is 0. The Hall–Kier alpha value is -4.26. The number of rotatable bonds is 4. The minimum absolute atomic E-state index is 0.169. The number of carbonyl (C=O) groups excluding carboxylic acids is 1. The lowest BCUT2D eigenvalue weighted by atomic mass is 10.0. The Labute approximate surface area is 190 Å². The van der Waals surface area contributed by atoms with Gasteiger partial charge in [0.1, 0.15) is 11.9 Å². The third-order valence-corrected chi connectivity index (χ3v) is 5.58. The highest BCUT2D eigenvalue weighted by Gasteiger charge is 2.26. The van der Waals surface area contributed by atoms with Gasteiger partial charge in [-0.3, -0.25) is 10.1 Å². The first kappa shape index (κ1) is 20.6. The molecule has 164 valence electrons. The second kappa shape index (κ2) is 8.35. The summed E-state index contributed by atoms with van der Waals surface area (Å²) < 4.78 is 14.9. The van der Waals surface area contributed by atoms with Crippen LogP contribution in [0, 0.1) is 19.7 Å². The molecule has 33 heavy (non-hydrogen) atoms. The van der Waals surface area contributed by atoms with Gasteiger partial charge in [0, 0.05) is 11.3 Å². The van der Waals surface area contributed by atoms with E-state index in [4.69, 9.17) is 0 Å². The molecule has 6 nitrogen and oxygen atoms in total. The number of amides is 1. The van der Waals surface area contributed by atoms with Crippen molar-refractivity contribution in [2.75, 3.05) is 10.6 Å². The summed E-state index contributed by atoms with van der Waals surface area (Å²) in [4.78, 5) is 17.1. The fourth-order valence-electron chi connectivity index (χ4n) is 3.72. The van der Waals surface area contributed by atoms with Crippen molar-refractivity contribution in [1.29, 1.82) is 0 Å². The van der Waals surface area contributed by atoms with E-state index in [1.54, 1.807) is 4.68 Å². The zero-order valence-corrected chi connectivity index (χ0v) is 18.2. The van der Waals surface area contributed by atoms with E-state index in [9.17, 15) is 9.18 Å². The highest BCUT2D eigenvalue weighted by molar-refractivity contribution is 6.03. The van der Waals surface area contributed by atoms with Crippen molar-refractivity contribution in [3.8, 4) is 0 Å². The van der Waals surface area contributed by atoms with Gasteiger partial charge in [0.05, 0.1) is 0 Å². The molecule has 1 aromatic heterocycles. The van der Waals surface area contributed by atoms with E-state index in [2.05, 4.69) is 75.3 Å². The van der Waals surface area contributed by atoms with Crippen molar-refractivity contribution in [1.82, 2.24) is 14.8 Å². The normalized spacial score (nSPS) is 14.8. The number of nitrogens with zero attached hydrogens (tertiary/aromatic N) is 3. The number of aromatic nitrogens is 3. The van der Waals surface area contributed by atoms with Gasteiger partial charge in [-0.15, -0.1) is 5.10 Å². The Morgan fingerprint density at radius 3 is 2.24 bits per heavy atom. The first-order chi connectivity index (χ1) is 16.0. The number of allylic oxidation sites excluding steroid dienone is 1. The van der Waals surface area contributed by atoms with Gasteiger partial charge in [0.15, 0.2) is 0 Å². The van der Waals surface area contributed by atoms with Crippen molar-refractivity contribution >= 4 is 23.5 Å². The predicted molar refractivity (Wildman–Crippen MR) is 126 cm³/mol. The maximum absolute atomic E-state index is 13.2. The number of benzene rings is 3. The molecule has 1 atom stereocenters. The van der Waals surface area contributed by atoms with Crippen LogP contribution in [0.2, 0.25) is 0 Å². The molecule has 3 aromatic carbocycles. The maximum atomic E-state index is 13.2. The van der Waals surface area contributed by atoms with E-state index in [-0.39, 0.29) is 12.0 Å². The first-order valence-electron chi connectivity index (χ1n) is 10.6. The molecule has 1 aliphatic heterocycles. The van der Waals surface area contributed by atoms with Crippen LogP contribution in [0.1, 0.15) is 38.7 Å². The van der Waals surface area contributed by atoms with Crippen LogP contribution in [-0.2, 0) is 0 Å². The van der Waals surface area contributed by atoms with Crippen LogP contribution in [0.3, 0.4) is 0 Å². The van der Waals surface area contributed by atoms with Gasteiger partial charge in [-0.05, 0) is 55.3 Å². The molecule has 0 fully saturated rings. The fourth-order valence-corrected chi connectivity index (χ4v) is 3.72. The van der Waals surface area contributed by atoms with E-state index >= 15 is 0 Å². The Kier molecular flexibility index (Phi) is 5.22. The zero-order chi connectivity index (χ0) is 22.9. The number of anilines is 2. The molecular weight excluding hydrogens is 417 g/mol. The molecule has 2 N–H and O–H groups in total. The van der Waals surface area contributed by atoms with Crippen molar-refractivity contribution in [3.63, 3.8) is 0 Å². The van der Waals surface area contributed by atoms with E-state index < -0.39 is 11.7 Å². The highest BCUT2D eigenvalue weighted by atomic mass is 19.1. The fraction of sp³-hybridized carbons (Fsp3) is 0.115. The average molecular weight is 439 g/mol. The lowest BCUT2D eigenvalue weighted by molar-refractivity contribution is 0.102. The number of halogens is 1. The van der Waals surface area contributed by atoms with Crippen LogP contribution in [0.5, 0.6) is 0 Å². The van der Waals surface area contributed by atoms with Crippen LogP contribution in [0.4, 0.5) is 16.3 Å². The third-order valence-electron chi connectivity index (χ3n) is 5.58. The average Bonchev–Trinajstić information content (AvgIpc) is 3.22. The van der Waals surface area contributed by atoms with Gasteiger partial charge in [-0.1, -0.05) is 59.7 Å². The largest absolute Gasteiger partial charge is 0.324 e. The number of fused-ring (bicyclic) bond motifs is 1. The van der Waals surface area contributed by atoms with Crippen molar-refractivity contribution in [2.45, 2.75) is 19.9 Å². The minimum Gasteiger partial charge on any atom is -0.324 e. The summed E-state index contributed by atoms with van der Waals surface area (Å²) in [5.74, 6) is -0.117. The second-order valence-corrected chi connectivity index (χ2v) is 8.09. The third kappa shape index (κ3) is 4.25. The van der Waals surface area contributed by atoms with Crippen LogP contribution in [0.25, 0.3) is 5.70 Å². The van der Waals surface area contributed by atoms with E-state index in [1.807, 2.05) is 13.8 Å². The standard InChI is InChI=1S/C26H22FN5O/c1-16-3-7-18(8-4-16)22-15-23(19-9-5-17(2)6-10-19)32-26(28-22)30-25(31-32)29-24(33)20-11-13-21(27)14-12-20/h3-15,23H,1-2H3,(H2,28,29,30,31,33)/t23-/m1/s1. The number of hydrogen-bond donors (Lipinski definition) is 2. The monoisotopic (exact) mass is 439 g/mol. The molecule has 0 bridgehead atoms. The zero-order valence-electron chi connectivity index (χ0n) is 18.2. The van der Waals surface area contributed by atoms with Gasteiger partial charge < -0.3 is 5.32 Å². The molecule has 1 amide bonds. The highest BCUT2D eigenvalue weighted by Crippen LogP contribution is 2.33. The molecule has 0 saturated heterocycles.